The van der Waals surface area contributed by atoms with Gasteiger partial charge < -0.3 is 14.7 Å². The third kappa shape index (κ3) is 3.27. The Bertz CT molecular complexity index is 408. The molecule has 0 saturated heterocycles. The standard InChI is InChI=1S/C12H16N2O4/c1-3-14(10(8-18-2)12(16)17)11(15)9-6-4-5-7-13-9/h4-7,10H,3,8H2,1-2H3,(H,16,17). The predicted octanol–water partition coefficient (Wildman–Crippen LogP) is 0.643. The lowest BCUT2D eigenvalue weighted by Gasteiger charge is -2.26. The van der Waals surface area contributed by atoms with E-state index < -0.39 is 17.9 Å². The summed E-state index contributed by atoms with van der Waals surface area (Å²) in [5.74, 6) is -1.51. The quantitative estimate of drug-likeness (QED) is 0.803. The number of nitrogens with zero attached hydrogens (tertiary/aromatic N) is 2. The summed E-state index contributed by atoms with van der Waals surface area (Å²) < 4.78 is 4.84. The minimum absolute atomic E-state index is 0.0538. The summed E-state index contributed by atoms with van der Waals surface area (Å²) in [6.07, 6.45) is 1.49. The van der Waals surface area contributed by atoms with Crippen molar-refractivity contribution < 1.29 is 19.4 Å². The zero-order valence-corrected chi connectivity index (χ0v) is 10.4. The lowest BCUT2D eigenvalue weighted by molar-refractivity contribution is -0.144. The van der Waals surface area contributed by atoms with Crippen LogP contribution in [-0.2, 0) is 9.53 Å². The minimum atomic E-state index is -1.09. The van der Waals surface area contributed by atoms with Crippen molar-refractivity contribution in [2.75, 3.05) is 20.3 Å². The van der Waals surface area contributed by atoms with Crippen molar-refractivity contribution in [1.82, 2.24) is 9.88 Å². The van der Waals surface area contributed by atoms with Crippen molar-refractivity contribution in [3.63, 3.8) is 0 Å². The van der Waals surface area contributed by atoms with Gasteiger partial charge in [0.1, 0.15) is 5.69 Å². The number of ether oxygens (including phenoxy) is 1. The van der Waals surface area contributed by atoms with E-state index in [2.05, 4.69) is 4.98 Å². The van der Waals surface area contributed by atoms with Crippen LogP contribution in [0.2, 0.25) is 0 Å². The molecule has 18 heavy (non-hydrogen) atoms. The Kier molecular flexibility index (Phi) is 5.26. The Morgan fingerprint density at radius 1 is 1.50 bits per heavy atom. The number of carbonyl (C=O) groups is 2. The van der Waals surface area contributed by atoms with Gasteiger partial charge in [0.25, 0.3) is 5.91 Å². The fourth-order valence-electron chi connectivity index (χ4n) is 1.59. The summed E-state index contributed by atoms with van der Waals surface area (Å²) in [5, 5.41) is 9.11. The first kappa shape index (κ1) is 14.1. The normalized spacial score (nSPS) is 11.9. The van der Waals surface area contributed by atoms with Crippen LogP contribution in [0.5, 0.6) is 0 Å². The second-order valence-corrected chi connectivity index (χ2v) is 3.62. The summed E-state index contributed by atoms with van der Waals surface area (Å²) in [6, 6.07) is 3.92. The third-order valence-corrected chi connectivity index (χ3v) is 2.47. The Balaban J connectivity index is 2.94. The molecule has 1 aromatic heterocycles. The van der Waals surface area contributed by atoms with Gasteiger partial charge in [-0.25, -0.2) is 4.79 Å². The van der Waals surface area contributed by atoms with Gasteiger partial charge in [-0.05, 0) is 19.1 Å². The molecule has 1 N–H and O–H groups in total. The molecular weight excluding hydrogens is 236 g/mol. The monoisotopic (exact) mass is 252 g/mol. The third-order valence-electron chi connectivity index (χ3n) is 2.47. The number of carboxylic acids is 1. The van der Waals surface area contributed by atoms with E-state index in [0.717, 1.165) is 0 Å². The van der Waals surface area contributed by atoms with E-state index in [1.54, 1.807) is 25.1 Å². The molecule has 0 bridgehead atoms. The topological polar surface area (TPSA) is 79.7 Å². The number of amides is 1. The number of likely N-dealkylation sites (N-methyl/N-ethyl adjacent to an activating group) is 1. The molecule has 6 nitrogen and oxygen atoms in total. The molecular formula is C12H16N2O4. The molecule has 1 amide bonds. The highest BCUT2D eigenvalue weighted by atomic mass is 16.5. The zero-order chi connectivity index (χ0) is 13.5. The van der Waals surface area contributed by atoms with E-state index in [4.69, 9.17) is 9.84 Å². The molecule has 98 valence electrons. The lowest BCUT2D eigenvalue weighted by atomic mass is 10.2. The van der Waals surface area contributed by atoms with Crippen LogP contribution in [-0.4, -0.2) is 53.2 Å². The van der Waals surface area contributed by atoms with Crippen LogP contribution in [0.4, 0.5) is 0 Å². The molecule has 6 heteroatoms. The Morgan fingerprint density at radius 3 is 2.67 bits per heavy atom. The average molecular weight is 252 g/mol. The van der Waals surface area contributed by atoms with Crippen LogP contribution < -0.4 is 0 Å². The molecule has 1 atom stereocenters. The highest BCUT2D eigenvalue weighted by molar-refractivity contribution is 5.95. The van der Waals surface area contributed by atoms with Gasteiger partial charge in [-0.1, -0.05) is 6.07 Å². The average Bonchev–Trinajstić information content (AvgIpc) is 2.39. The smallest absolute Gasteiger partial charge is 0.328 e. The molecule has 1 unspecified atom stereocenters. The van der Waals surface area contributed by atoms with Gasteiger partial charge >= 0.3 is 5.97 Å². The van der Waals surface area contributed by atoms with Crippen molar-refractivity contribution >= 4 is 11.9 Å². The highest BCUT2D eigenvalue weighted by Crippen LogP contribution is 2.07. The van der Waals surface area contributed by atoms with E-state index in [0.29, 0.717) is 0 Å². The van der Waals surface area contributed by atoms with Crippen LogP contribution in [0.1, 0.15) is 17.4 Å². The van der Waals surface area contributed by atoms with E-state index in [1.807, 2.05) is 0 Å². The van der Waals surface area contributed by atoms with E-state index >= 15 is 0 Å². The summed E-state index contributed by atoms with van der Waals surface area (Å²) >= 11 is 0. The number of hydrogen-bond acceptors (Lipinski definition) is 4. The van der Waals surface area contributed by atoms with Crippen molar-refractivity contribution in [2.24, 2.45) is 0 Å². The summed E-state index contributed by atoms with van der Waals surface area (Å²) in [7, 11) is 1.40. The zero-order valence-electron chi connectivity index (χ0n) is 10.4. The number of rotatable bonds is 6. The van der Waals surface area contributed by atoms with Gasteiger partial charge in [-0.2, -0.15) is 0 Å². The Morgan fingerprint density at radius 2 is 2.22 bits per heavy atom. The SMILES string of the molecule is CCN(C(=O)c1ccccn1)C(COC)C(=O)O. The van der Waals surface area contributed by atoms with Gasteiger partial charge in [0, 0.05) is 19.9 Å². The number of aliphatic carboxylic acids is 1. The molecule has 0 radical (unpaired) electrons. The summed E-state index contributed by atoms with van der Waals surface area (Å²) in [6.45, 7) is 1.93. The lowest BCUT2D eigenvalue weighted by Crippen LogP contribution is -2.47. The van der Waals surface area contributed by atoms with Gasteiger partial charge in [-0.3, -0.25) is 9.78 Å². The first-order chi connectivity index (χ1) is 8.61. The van der Waals surface area contributed by atoms with Crippen molar-refractivity contribution in [1.29, 1.82) is 0 Å². The number of pyridine rings is 1. The molecule has 1 aromatic rings. The van der Waals surface area contributed by atoms with Gasteiger partial charge in [0.2, 0.25) is 0 Å². The first-order valence-electron chi connectivity index (χ1n) is 5.55. The van der Waals surface area contributed by atoms with Crippen molar-refractivity contribution in [3.8, 4) is 0 Å². The van der Waals surface area contributed by atoms with Gasteiger partial charge in [0.15, 0.2) is 6.04 Å². The molecule has 0 aliphatic carbocycles. The predicted molar refractivity (Wildman–Crippen MR) is 64.2 cm³/mol. The van der Waals surface area contributed by atoms with Crippen LogP contribution >= 0.6 is 0 Å². The number of carboxylic acid groups (broad SMARTS) is 1. The van der Waals surface area contributed by atoms with Crippen molar-refractivity contribution in [2.45, 2.75) is 13.0 Å². The fraction of sp³-hybridized carbons (Fsp3) is 0.417. The number of carbonyl (C=O) groups excluding carboxylic acids is 1. The number of hydrogen-bond donors (Lipinski definition) is 1. The maximum atomic E-state index is 12.1. The molecule has 0 spiro atoms. The first-order valence-corrected chi connectivity index (χ1v) is 5.55. The Labute approximate surface area is 105 Å². The second-order valence-electron chi connectivity index (χ2n) is 3.62. The number of aromatic nitrogens is 1. The van der Waals surface area contributed by atoms with Crippen LogP contribution in [0.25, 0.3) is 0 Å². The Hall–Kier alpha value is -1.95. The van der Waals surface area contributed by atoms with Crippen LogP contribution in [0.15, 0.2) is 24.4 Å². The maximum absolute atomic E-state index is 12.1. The van der Waals surface area contributed by atoms with E-state index in [1.165, 1.54) is 18.2 Å². The molecule has 0 aliphatic rings. The summed E-state index contributed by atoms with van der Waals surface area (Å²) in [5.41, 5.74) is 0.224. The van der Waals surface area contributed by atoms with E-state index in [9.17, 15) is 9.59 Å². The largest absolute Gasteiger partial charge is 0.480 e. The second kappa shape index (κ2) is 6.70. The molecule has 0 saturated carbocycles. The maximum Gasteiger partial charge on any atom is 0.328 e. The molecule has 0 fully saturated rings. The van der Waals surface area contributed by atoms with E-state index in [-0.39, 0.29) is 18.8 Å². The minimum Gasteiger partial charge on any atom is -0.480 e. The van der Waals surface area contributed by atoms with Gasteiger partial charge in [-0.15, -0.1) is 0 Å². The van der Waals surface area contributed by atoms with Crippen molar-refractivity contribution in [3.05, 3.63) is 30.1 Å². The molecule has 1 rings (SSSR count). The highest BCUT2D eigenvalue weighted by Gasteiger charge is 2.29. The fourth-order valence-corrected chi connectivity index (χ4v) is 1.59. The molecule has 1 heterocycles. The number of methoxy groups -OCH3 is 1. The van der Waals surface area contributed by atoms with Crippen LogP contribution in [0.3, 0.4) is 0 Å². The molecule has 0 aromatic carbocycles. The summed E-state index contributed by atoms with van der Waals surface area (Å²) in [4.78, 5) is 28.4. The van der Waals surface area contributed by atoms with Gasteiger partial charge in [0.05, 0.1) is 6.61 Å². The van der Waals surface area contributed by atoms with Crippen LogP contribution in [0, 0.1) is 0 Å². The molecule has 0 aliphatic heterocycles.